The first-order valence-corrected chi connectivity index (χ1v) is 5.18. The highest BCUT2D eigenvalue weighted by atomic mass is 16.5. The molecule has 1 unspecified atom stereocenters. The van der Waals surface area contributed by atoms with Crippen molar-refractivity contribution in [3.63, 3.8) is 0 Å². The SMILES string of the molecule is COC(CN)CN(C)c1cccc(C)c1. The monoisotopic (exact) mass is 208 g/mol. The lowest BCUT2D eigenvalue weighted by atomic mass is 10.2. The van der Waals surface area contributed by atoms with Gasteiger partial charge in [-0.05, 0) is 24.6 Å². The van der Waals surface area contributed by atoms with E-state index in [1.54, 1.807) is 7.11 Å². The Morgan fingerprint density at radius 1 is 1.47 bits per heavy atom. The first-order valence-electron chi connectivity index (χ1n) is 5.18. The highest BCUT2D eigenvalue weighted by Crippen LogP contribution is 2.14. The molecule has 2 N–H and O–H groups in total. The molecule has 0 saturated heterocycles. The number of rotatable bonds is 5. The molecule has 0 amide bonds. The van der Waals surface area contributed by atoms with Gasteiger partial charge in [-0.15, -0.1) is 0 Å². The van der Waals surface area contributed by atoms with Crippen LogP contribution in [-0.4, -0.2) is 33.4 Å². The zero-order valence-electron chi connectivity index (χ0n) is 9.73. The summed E-state index contributed by atoms with van der Waals surface area (Å²) in [5, 5.41) is 0. The third-order valence-corrected chi connectivity index (χ3v) is 2.52. The van der Waals surface area contributed by atoms with E-state index in [9.17, 15) is 0 Å². The Hall–Kier alpha value is -1.06. The average molecular weight is 208 g/mol. The molecule has 3 heteroatoms. The molecule has 0 spiro atoms. The van der Waals surface area contributed by atoms with Gasteiger partial charge in [0.2, 0.25) is 0 Å². The molecule has 0 heterocycles. The van der Waals surface area contributed by atoms with Gasteiger partial charge in [0.1, 0.15) is 0 Å². The molecular weight excluding hydrogens is 188 g/mol. The number of nitrogens with zero attached hydrogens (tertiary/aromatic N) is 1. The number of anilines is 1. The molecule has 0 aliphatic rings. The van der Waals surface area contributed by atoms with Crippen molar-refractivity contribution >= 4 is 5.69 Å². The zero-order chi connectivity index (χ0) is 11.3. The van der Waals surface area contributed by atoms with Gasteiger partial charge >= 0.3 is 0 Å². The van der Waals surface area contributed by atoms with Crippen LogP contribution < -0.4 is 10.6 Å². The minimum Gasteiger partial charge on any atom is -0.378 e. The van der Waals surface area contributed by atoms with Gasteiger partial charge in [-0.3, -0.25) is 0 Å². The van der Waals surface area contributed by atoms with Crippen molar-refractivity contribution in [2.75, 3.05) is 32.1 Å². The van der Waals surface area contributed by atoms with Crippen molar-refractivity contribution < 1.29 is 4.74 Å². The van der Waals surface area contributed by atoms with Crippen LogP contribution in [0.4, 0.5) is 5.69 Å². The smallest absolute Gasteiger partial charge is 0.0867 e. The fourth-order valence-electron chi connectivity index (χ4n) is 1.52. The summed E-state index contributed by atoms with van der Waals surface area (Å²) in [6, 6.07) is 8.40. The number of ether oxygens (including phenoxy) is 1. The minimum atomic E-state index is 0.0931. The third kappa shape index (κ3) is 3.53. The summed E-state index contributed by atoms with van der Waals surface area (Å²) in [6.07, 6.45) is 0.0931. The van der Waals surface area contributed by atoms with E-state index in [1.807, 2.05) is 0 Å². The molecule has 84 valence electrons. The average Bonchev–Trinajstić information content (AvgIpc) is 2.25. The number of nitrogens with two attached hydrogens (primary N) is 1. The maximum Gasteiger partial charge on any atom is 0.0867 e. The maximum atomic E-state index is 5.59. The Labute approximate surface area is 91.8 Å². The van der Waals surface area contributed by atoms with E-state index in [1.165, 1.54) is 11.3 Å². The summed E-state index contributed by atoms with van der Waals surface area (Å²) in [6.45, 7) is 3.46. The van der Waals surface area contributed by atoms with Gasteiger partial charge in [-0.2, -0.15) is 0 Å². The molecule has 0 radical (unpaired) electrons. The van der Waals surface area contributed by atoms with E-state index >= 15 is 0 Å². The van der Waals surface area contributed by atoms with Gasteiger partial charge < -0.3 is 15.4 Å². The van der Waals surface area contributed by atoms with Crippen molar-refractivity contribution in [2.24, 2.45) is 5.73 Å². The van der Waals surface area contributed by atoms with Crippen molar-refractivity contribution in [3.8, 4) is 0 Å². The minimum absolute atomic E-state index is 0.0931. The Morgan fingerprint density at radius 2 is 2.20 bits per heavy atom. The number of aryl methyl sites for hydroxylation is 1. The number of benzene rings is 1. The Kier molecular flexibility index (Phi) is 4.59. The topological polar surface area (TPSA) is 38.5 Å². The van der Waals surface area contributed by atoms with Crippen LogP contribution >= 0.6 is 0 Å². The van der Waals surface area contributed by atoms with Crippen molar-refractivity contribution in [3.05, 3.63) is 29.8 Å². The molecule has 1 aromatic rings. The van der Waals surface area contributed by atoms with Crippen LogP contribution in [0.15, 0.2) is 24.3 Å². The van der Waals surface area contributed by atoms with E-state index in [0.717, 1.165) is 6.54 Å². The Balaban J connectivity index is 2.64. The van der Waals surface area contributed by atoms with Gasteiger partial charge in [0, 0.05) is 32.9 Å². The highest BCUT2D eigenvalue weighted by Gasteiger charge is 2.09. The molecule has 0 fully saturated rings. The van der Waals surface area contributed by atoms with Crippen LogP contribution in [0.2, 0.25) is 0 Å². The van der Waals surface area contributed by atoms with E-state index < -0.39 is 0 Å². The Bertz CT molecular complexity index is 297. The quantitative estimate of drug-likeness (QED) is 0.795. The van der Waals surface area contributed by atoms with Crippen LogP contribution in [0, 0.1) is 6.92 Å². The second kappa shape index (κ2) is 5.73. The molecule has 0 saturated carbocycles. The number of likely N-dealkylation sites (N-methyl/N-ethyl adjacent to an activating group) is 1. The molecule has 1 aromatic carbocycles. The van der Waals surface area contributed by atoms with Gasteiger partial charge in [0.15, 0.2) is 0 Å². The fourth-order valence-corrected chi connectivity index (χ4v) is 1.52. The van der Waals surface area contributed by atoms with Crippen molar-refractivity contribution in [1.82, 2.24) is 0 Å². The molecule has 15 heavy (non-hydrogen) atoms. The van der Waals surface area contributed by atoms with Gasteiger partial charge in [-0.1, -0.05) is 12.1 Å². The summed E-state index contributed by atoms with van der Waals surface area (Å²) < 4.78 is 5.26. The molecule has 0 aliphatic carbocycles. The van der Waals surface area contributed by atoms with Crippen LogP contribution in [0.5, 0.6) is 0 Å². The van der Waals surface area contributed by atoms with E-state index in [4.69, 9.17) is 10.5 Å². The number of hydrogen-bond acceptors (Lipinski definition) is 3. The lowest BCUT2D eigenvalue weighted by Gasteiger charge is -2.24. The molecule has 0 aliphatic heterocycles. The molecule has 1 atom stereocenters. The van der Waals surface area contributed by atoms with Crippen LogP contribution in [0.25, 0.3) is 0 Å². The Morgan fingerprint density at radius 3 is 2.73 bits per heavy atom. The van der Waals surface area contributed by atoms with Crippen LogP contribution in [-0.2, 0) is 4.74 Å². The van der Waals surface area contributed by atoms with Gasteiger partial charge in [0.25, 0.3) is 0 Å². The van der Waals surface area contributed by atoms with Crippen molar-refractivity contribution in [1.29, 1.82) is 0 Å². The van der Waals surface area contributed by atoms with Crippen LogP contribution in [0.1, 0.15) is 5.56 Å². The molecule has 0 aromatic heterocycles. The lowest BCUT2D eigenvalue weighted by molar-refractivity contribution is 0.115. The predicted molar refractivity (Wildman–Crippen MR) is 64.3 cm³/mol. The fraction of sp³-hybridized carbons (Fsp3) is 0.500. The summed E-state index contributed by atoms with van der Waals surface area (Å²) in [4.78, 5) is 2.16. The second-order valence-electron chi connectivity index (χ2n) is 3.81. The molecule has 3 nitrogen and oxygen atoms in total. The van der Waals surface area contributed by atoms with Gasteiger partial charge in [-0.25, -0.2) is 0 Å². The first kappa shape index (κ1) is 12.0. The third-order valence-electron chi connectivity index (χ3n) is 2.52. The van der Waals surface area contributed by atoms with E-state index in [2.05, 4.69) is 43.1 Å². The molecular formula is C12H20N2O. The summed E-state index contributed by atoms with van der Waals surface area (Å²) in [7, 11) is 3.75. The summed E-state index contributed by atoms with van der Waals surface area (Å²) >= 11 is 0. The maximum absolute atomic E-state index is 5.59. The van der Waals surface area contributed by atoms with Crippen LogP contribution in [0.3, 0.4) is 0 Å². The first-order chi connectivity index (χ1) is 7.17. The number of methoxy groups -OCH3 is 1. The summed E-state index contributed by atoms with van der Waals surface area (Å²) in [5.41, 5.74) is 8.05. The largest absolute Gasteiger partial charge is 0.378 e. The van der Waals surface area contributed by atoms with E-state index in [0.29, 0.717) is 6.54 Å². The normalized spacial score (nSPS) is 12.5. The lowest BCUT2D eigenvalue weighted by Crippen LogP contribution is -2.35. The molecule has 0 bridgehead atoms. The zero-order valence-corrected chi connectivity index (χ0v) is 9.73. The predicted octanol–water partition coefficient (Wildman–Crippen LogP) is 1.40. The van der Waals surface area contributed by atoms with E-state index in [-0.39, 0.29) is 6.10 Å². The number of hydrogen-bond donors (Lipinski definition) is 1. The van der Waals surface area contributed by atoms with Gasteiger partial charge in [0.05, 0.1) is 6.10 Å². The molecule has 1 rings (SSSR count). The highest BCUT2D eigenvalue weighted by molar-refractivity contribution is 5.47. The van der Waals surface area contributed by atoms with Crippen molar-refractivity contribution in [2.45, 2.75) is 13.0 Å². The second-order valence-corrected chi connectivity index (χ2v) is 3.81. The standard InChI is InChI=1S/C12H20N2O/c1-10-5-4-6-11(7-10)14(2)9-12(8-13)15-3/h4-7,12H,8-9,13H2,1-3H3. The summed E-state index contributed by atoms with van der Waals surface area (Å²) in [5.74, 6) is 0.